The van der Waals surface area contributed by atoms with E-state index in [1.807, 2.05) is 0 Å². The monoisotopic (exact) mass is 420 g/mol. The molecular formula is C21H19ClF2N2O3. The molecule has 8 heteroatoms. The number of nitrogens with one attached hydrogen (secondary N) is 1. The van der Waals surface area contributed by atoms with Crippen LogP contribution in [0.25, 0.3) is 0 Å². The first-order valence-corrected chi connectivity index (χ1v) is 9.67. The summed E-state index contributed by atoms with van der Waals surface area (Å²) in [7, 11) is 0. The first-order chi connectivity index (χ1) is 13.9. The van der Waals surface area contributed by atoms with Gasteiger partial charge in [0.25, 0.3) is 6.43 Å². The predicted molar refractivity (Wildman–Crippen MR) is 104 cm³/mol. The molecule has 29 heavy (non-hydrogen) atoms. The molecule has 2 heterocycles. The van der Waals surface area contributed by atoms with Crippen LogP contribution in [0.3, 0.4) is 0 Å². The van der Waals surface area contributed by atoms with Crippen LogP contribution in [0.5, 0.6) is 5.75 Å². The van der Waals surface area contributed by atoms with E-state index in [9.17, 15) is 18.4 Å². The normalized spacial score (nSPS) is 17.2. The zero-order chi connectivity index (χ0) is 20.6. The number of hydrogen-bond acceptors (Lipinski definition) is 3. The number of fused-ring (bicyclic) bond motifs is 2. The molecule has 0 radical (unpaired) electrons. The van der Waals surface area contributed by atoms with Crippen molar-refractivity contribution in [2.45, 2.75) is 24.7 Å². The summed E-state index contributed by atoms with van der Waals surface area (Å²) < 4.78 is 31.5. The molecule has 1 fully saturated rings. The zero-order valence-corrected chi connectivity index (χ0v) is 16.2. The van der Waals surface area contributed by atoms with Crippen molar-refractivity contribution in [2.24, 2.45) is 0 Å². The number of anilines is 1. The lowest BCUT2D eigenvalue weighted by Gasteiger charge is -2.38. The van der Waals surface area contributed by atoms with E-state index in [-0.39, 0.29) is 11.0 Å². The van der Waals surface area contributed by atoms with E-state index in [1.165, 1.54) is 17.0 Å². The second-order valence-electron chi connectivity index (χ2n) is 7.38. The maximum atomic E-state index is 12.9. The average molecular weight is 421 g/mol. The molecule has 152 valence electrons. The summed E-state index contributed by atoms with van der Waals surface area (Å²) in [5.74, 6) is -0.807. The fraction of sp³-hybridized carbons (Fsp3) is 0.333. The Bertz CT molecular complexity index is 941. The highest BCUT2D eigenvalue weighted by molar-refractivity contribution is 6.39. The Morgan fingerprint density at radius 3 is 2.45 bits per heavy atom. The highest BCUT2D eigenvalue weighted by Gasteiger charge is 2.44. The zero-order valence-electron chi connectivity index (χ0n) is 15.5. The van der Waals surface area contributed by atoms with E-state index in [1.54, 1.807) is 30.3 Å². The number of ether oxygens (including phenoxy) is 1. The van der Waals surface area contributed by atoms with E-state index in [2.05, 4.69) is 5.32 Å². The molecule has 2 aromatic carbocycles. The molecule has 0 bridgehead atoms. The van der Waals surface area contributed by atoms with E-state index < -0.39 is 18.2 Å². The van der Waals surface area contributed by atoms with Crippen LogP contribution >= 0.6 is 11.6 Å². The number of rotatable bonds is 2. The Hall–Kier alpha value is -2.67. The smallest absolute Gasteiger partial charge is 0.313 e. The number of carbonyl (C=O) groups excluding carboxylic acids is 2. The first kappa shape index (κ1) is 19.6. The minimum atomic E-state index is -2.54. The standard InChI is InChI=1S/C21H19ClF2N2O3/c22-14-2-4-15(5-3-14)25-19(27)20(28)26-9-7-21(8-10-26)12-29-17-11-13(18(23)24)1-6-16(17)21/h1-6,11,18H,7-10,12H2,(H,25,27). The topological polar surface area (TPSA) is 58.6 Å². The molecule has 2 amide bonds. The minimum absolute atomic E-state index is 0.0627. The molecule has 5 nitrogen and oxygen atoms in total. The van der Waals surface area contributed by atoms with Gasteiger partial charge in [0.05, 0.1) is 6.61 Å². The lowest BCUT2D eigenvalue weighted by atomic mass is 9.74. The SMILES string of the molecule is O=C(Nc1ccc(Cl)cc1)C(=O)N1CCC2(CC1)COc1cc(C(F)F)ccc12. The summed E-state index contributed by atoms with van der Waals surface area (Å²) in [6.07, 6.45) is -1.33. The van der Waals surface area contributed by atoms with Gasteiger partial charge in [0.15, 0.2) is 0 Å². The maximum Gasteiger partial charge on any atom is 0.313 e. The van der Waals surface area contributed by atoms with Gasteiger partial charge in [0.2, 0.25) is 0 Å². The molecule has 2 aromatic rings. The fourth-order valence-electron chi connectivity index (χ4n) is 3.94. The Kier molecular flexibility index (Phi) is 5.17. The molecule has 0 aliphatic carbocycles. The van der Waals surface area contributed by atoms with Crippen molar-refractivity contribution in [1.82, 2.24) is 4.90 Å². The van der Waals surface area contributed by atoms with E-state index in [0.29, 0.717) is 49.0 Å². The summed E-state index contributed by atoms with van der Waals surface area (Å²) in [4.78, 5) is 26.3. The Balaban J connectivity index is 1.40. The first-order valence-electron chi connectivity index (χ1n) is 9.29. The van der Waals surface area contributed by atoms with Crippen molar-refractivity contribution in [3.05, 3.63) is 58.6 Å². The number of nitrogens with zero attached hydrogens (tertiary/aromatic N) is 1. The van der Waals surface area contributed by atoms with Crippen LogP contribution < -0.4 is 10.1 Å². The van der Waals surface area contributed by atoms with Gasteiger partial charge in [0, 0.05) is 40.3 Å². The van der Waals surface area contributed by atoms with Crippen molar-refractivity contribution in [2.75, 3.05) is 25.0 Å². The van der Waals surface area contributed by atoms with Crippen molar-refractivity contribution in [1.29, 1.82) is 0 Å². The summed E-state index contributed by atoms with van der Waals surface area (Å²) in [5.41, 5.74) is 1.03. The minimum Gasteiger partial charge on any atom is -0.492 e. The van der Waals surface area contributed by atoms with Crippen LogP contribution in [0.15, 0.2) is 42.5 Å². The molecule has 0 unspecified atom stereocenters. The number of halogens is 3. The largest absolute Gasteiger partial charge is 0.492 e. The third-order valence-corrected chi connectivity index (χ3v) is 5.89. The van der Waals surface area contributed by atoms with Gasteiger partial charge in [-0.2, -0.15) is 0 Å². The van der Waals surface area contributed by atoms with Gasteiger partial charge in [-0.15, -0.1) is 0 Å². The van der Waals surface area contributed by atoms with Gasteiger partial charge < -0.3 is 15.0 Å². The third kappa shape index (κ3) is 3.79. The number of piperidine rings is 1. The highest BCUT2D eigenvalue weighted by atomic mass is 35.5. The second kappa shape index (κ2) is 7.63. The molecule has 0 aromatic heterocycles. The van der Waals surface area contributed by atoms with Crippen molar-refractivity contribution < 1.29 is 23.1 Å². The number of likely N-dealkylation sites (tertiary alicyclic amines) is 1. The van der Waals surface area contributed by atoms with E-state index in [0.717, 1.165) is 5.56 Å². The van der Waals surface area contributed by atoms with Crippen LogP contribution in [0.1, 0.15) is 30.4 Å². The quantitative estimate of drug-likeness (QED) is 0.742. The number of benzene rings is 2. The summed E-state index contributed by atoms with van der Waals surface area (Å²) in [6.45, 7) is 1.19. The third-order valence-electron chi connectivity index (χ3n) is 5.64. The van der Waals surface area contributed by atoms with Crippen LogP contribution in [0.4, 0.5) is 14.5 Å². The number of hydrogen-bond donors (Lipinski definition) is 1. The van der Waals surface area contributed by atoms with Crippen LogP contribution in [0, 0.1) is 0 Å². The molecular weight excluding hydrogens is 402 g/mol. The van der Waals surface area contributed by atoms with Gasteiger partial charge in [0.1, 0.15) is 5.75 Å². The van der Waals surface area contributed by atoms with Crippen LogP contribution in [-0.2, 0) is 15.0 Å². The van der Waals surface area contributed by atoms with Gasteiger partial charge in [-0.3, -0.25) is 9.59 Å². The van der Waals surface area contributed by atoms with E-state index >= 15 is 0 Å². The molecule has 1 saturated heterocycles. The maximum absolute atomic E-state index is 12.9. The fourth-order valence-corrected chi connectivity index (χ4v) is 4.06. The van der Waals surface area contributed by atoms with Crippen LogP contribution in [0.2, 0.25) is 5.02 Å². The predicted octanol–water partition coefficient (Wildman–Crippen LogP) is 4.17. The number of carbonyl (C=O) groups is 2. The number of amides is 2. The molecule has 1 spiro atoms. The van der Waals surface area contributed by atoms with Gasteiger partial charge in [-0.05, 0) is 43.2 Å². The Morgan fingerprint density at radius 2 is 1.79 bits per heavy atom. The van der Waals surface area contributed by atoms with Crippen LogP contribution in [-0.4, -0.2) is 36.4 Å². The molecule has 0 atom stereocenters. The summed E-state index contributed by atoms with van der Waals surface area (Å²) in [5, 5.41) is 3.11. The van der Waals surface area contributed by atoms with Gasteiger partial charge in [-0.1, -0.05) is 23.7 Å². The number of alkyl halides is 2. The molecule has 0 saturated carbocycles. The Labute approximate surface area is 171 Å². The van der Waals surface area contributed by atoms with Gasteiger partial charge in [-0.25, -0.2) is 8.78 Å². The average Bonchev–Trinajstić information content (AvgIpc) is 3.07. The summed E-state index contributed by atoms with van der Waals surface area (Å²) in [6, 6.07) is 11.0. The molecule has 2 aliphatic rings. The van der Waals surface area contributed by atoms with Crippen molar-refractivity contribution >= 4 is 29.1 Å². The highest BCUT2D eigenvalue weighted by Crippen LogP contribution is 2.46. The van der Waals surface area contributed by atoms with Crippen molar-refractivity contribution in [3.8, 4) is 5.75 Å². The molecule has 1 N–H and O–H groups in total. The Morgan fingerprint density at radius 1 is 1.10 bits per heavy atom. The summed E-state index contributed by atoms with van der Waals surface area (Å²) >= 11 is 5.82. The van der Waals surface area contributed by atoms with Gasteiger partial charge >= 0.3 is 11.8 Å². The van der Waals surface area contributed by atoms with E-state index in [4.69, 9.17) is 16.3 Å². The molecule has 2 aliphatic heterocycles. The lowest BCUT2D eigenvalue weighted by Crippen LogP contribution is -2.49. The van der Waals surface area contributed by atoms with Crippen molar-refractivity contribution in [3.63, 3.8) is 0 Å². The molecule has 4 rings (SSSR count). The second-order valence-corrected chi connectivity index (χ2v) is 7.81. The lowest BCUT2D eigenvalue weighted by molar-refractivity contribution is -0.144.